The Labute approximate surface area is 150 Å². The third kappa shape index (κ3) is 3.28. The van der Waals surface area contributed by atoms with Crippen molar-refractivity contribution in [3.8, 4) is 0 Å². The van der Waals surface area contributed by atoms with Crippen LogP contribution in [0.1, 0.15) is 6.42 Å². The maximum Gasteiger partial charge on any atom is 0.278 e. The summed E-state index contributed by atoms with van der Waals surface area (Å²) in [6, 6.07) is 17.2. The van der Waals surface area contributed by atoms with E-state index in [9.17, 15) is 9.59 Å². The molecule has 4 rings (SSSR count). The fourth-order valence-corrected chi connectivity index (χ4v) is 3.23. The molecule has 0 aliphatic carbocycles. The van der Waals surface area contributed by atoms with Gasteiger partial charge in [-0.05, 0) is 30.7 Å². The number of fused-ring (bicyclic) bond motifs is 1. The van der Waals surface area contributed by atoms with Gasteiger partial charge in [-0.3, -0.25) is 9.59 Å². The number of anilines is 1. The fraction of sp³-hybridized carbons (Fsp3) is 0.263. The molecule has 1 aliphatic rings. The molecular weight excluding hydrogens is 330 g/mol. The van der Waals surface area contributed by atoms with Gasteiger partial charge in [0.15, 0.2) is 0 Å². The zero-order chi connectivity index (χ0) is 17.9. The topological polar surface area (TPSA) is 80.1 Å². The van der Waals surface area contributed by atoms with Crippen molar-refractivity contribution in [3.05, 3.63) is 65.0 Å². The van der Waals surface area contributed by atoms with Gasteiger partial charge < -0.3 is 10.2 Å². The molecule has 7 nitrogen and oxygen atoms in total. The molecule has 1 amide bonds. The molecule has 1 saturated heterocycles. The summed E-state index contributed by atoms with van der Waals surface area (Å²) >= 11 is 0. The third-order valence-electron chi connectivity index (χ3n) is 4.60. The van der Waals surface area contributed by atoms with E-state index in [1.54, 1.807) is 29.2 Å². The van der Waals surface area contributed by atoms with Gasteiger partial charge in [-0.1, -0.05) is 35.5 Å². The van der Waals surface area contributed by atoms with Crippen molar-refractivity contribution in [3.63, 3.8) is 0 Å². The summed E-state index contributed by atoms with van der Waals surface area (Å²) in [4.78, 5) is 26.8. The minimum atomic E-state index is -0.290. The number of aromatic nitrogens is 3. The van der Waals surface area contributed by atoms with Gasteiger partial charge >= 0.3 is 0 Å². The van der Waals surface area contributed by atoms with Crippen LogP contribution in [-0.2, 0) is 11.3 Å². The monoisotopic (exact) mass is 349 g/mol. The molecule has 0 saturated carbocycles. The van der Waals surface area contributed by atoms with Crippen molar-refractivity contribution >= 4 is 22.5 Å². The molecule has 1 fully saturated rings. The molecular formula is C19H19N5O2. The van der Waals surface area contributed by atoms with E-state index in [4.69, 9.17) is 0 Å². The predicted molar refractivity (Wildman–Crippen MR) is 98.8 cm³/mol. The molecule has 2 aromatic carbocycles. The Balaban J connectivity index is 1.43. The minimum Gasteiger partial charge on any atom is -0.380 e. The molecule has 26 heavy (non-hydrogen) atoms. The number of benzene rings is 2. The summed E-state index contributed by atoms with van der Waals surface area (Å²) in [6.07, 6.45) is 0.874. The van der Waals surface area contributed by atoms with Crippen molar-refractivity contribution in [1.29, 1.82) is 0 Å². The number of hydrogen-bond donors (Lipinski definition) is 1. The molecule has 0 spiro atoms. The summed E-state index contributed by atoms with van der Waals surface area (Å²) in [7, 11) is 0. The number of hydrogen-bond acceptors (Lipinski definition) is 5. The lowest BCUT2D eigenvalue weighted by Gasteiger charge is -2.18. The zero-order valence-corrected chi connectivity index (χ0v) is 14.2. The number of carbonyl (C=O) groups excluding carboxylic acids is 1. The number of carbonyl (C=O) groups is 1. The van der Waals surface area contributed by atoms with Crippen LogP contribution in [0.25, 0.3) is 10.9 Å². The summed E-state index contributed by atoms with van der Waals surface area (Å²) in [5.41, 5.74) is 1.29. The molecule has 0 radical (unpaired) electrons. The van der Waals surface area contributed by atoms with Crippen molar-refractivity contribution < 1.29 is 4.79 Å². The van der Waals surface area contributed by atoms with Crippen LogP contribution < -0.4 is 10.9 Å². The van der Waals surface area contributed by atoms with Crippen LogP contribution in [0.4, 0.5) is 5.69 Å². The van der Waals surface area contributed by atoms with Gasteiger partial charge in [-0.25, -0.2) is 4.68 Å². The average molecular weight is 349 g/mol. The van der Waals surface area contributed by atoms with Gasteiger partial charge in [0.25, 0.3) is 5.56 Å². The van der Waals surface area contributed by atoms with E-state index in [1.165, 1.54) is 0 Å². The molecule has 7 heteroatoms. The summed E-state index contributed by atoms with van der Waals surface area (Å²) < 4.78 is 1.14. The molecule has 1 aromatic heterocycles. The lowest BCUT2D eigenvalue weighted by Crippen LogP contribution is -2.37. The maximum absolute atomic E-state index is 12.6. The quantitative estimate of drug-likeness (QED) is 0.772. The molecule has 1 aliphatic heterocycles. The molecule has 1 atom stereocenters. The first-order valence-corrected chi connectivity index (χ1v) is 8.62. The van der Waals surface area contributed by atoms with Crippen LogP contribution in [0.5, 0.6) is 0 Å². The van der Waals surface area contributed by atoms with Gasteiger partial charge in [-0.15, -0.1) is 5.10 Å². The second-order valence-corrected chi connectivity index (χ2v) is 6.41. The maximum atomic E-state index is 12.6. The highest BCUT2D eigenvalue weighted by atomic mass is 16.2. The number of likely N-dealkylation sites (tertiary alicyclic amines) is 1. The fourth-order valence-electron chi connectivity index (χ4n) is 3.23. The average Bonchev–Trinajstić information content (AvgIpc) is 3.14. The zero-order valence-electron chi connectivity index (χ0n) is 14.2. The van der Waals surface area contributed by atoms with Crippen molar-refractivity contribution in [2.75, 3.05) is 18.4 Å². The predicted octanol–water partition coefficient (Wildman–Crippen LogP) is 1.50. The molecule has 2 heterocycles. The van der Waals surface area contributed by atoms with Crippen LogP contribution in [-0.4, -0.2) is 44.9 Å². The number of para-hydroxylation sites is 1. The second kappa shape index (κ2) is 6.95. The molecule has 1 unspecified atom stereocenters. The van der Waals surface area contributed by atoms with E-state index in [1.807, 2.05) is 30.3 Å². The molecule has 1 N–H and O–H groups in total. The van der Waals surface area contributed by atoms with E-state index in [-0.39, 0.29) is 24.1 Å². The van der Waals surface area contributed by atoms with Gasteiger partial charge in [0.2, 0.25) is 5.91 Å². The van der Waals surface area contributed by atoms with Crippen LogP contribution in [0.3, 0.4) is 0 Å². The normalized spacial score (nSPS) is 16.8. The smallest absolute Gasteiger partial charge is 0.278 e. The van der Waals surface area contributed by atoms with E-state index in [0.717, 1.165) is 16.8 Å². The number of amides is 1. The van der Waals surface area contributed by atoms with Gasteiger partial charge in [-0.2, -0.15) is 0 Å². The van der Waals surface area contributed by atoms with Gasteiger partial charge in [0.05, 0.1) is 5.39 Å². The minimum absolute atomic E-state index is 0.0886. The Morgan fingerprint density at radius 1 is 1.12 bits per heavy atom. The van der Waals surface area contributed by atoms with E-state index in [0.29, 0.717) is 24.0 Å². The standard InChI is InChI=1S/C19H19N5O2/c25-18(13-24-19(26)16-8-4-5-9-17(16)21-22-24)23-11-10-15(12-23)20-14-6-2-1-3-7-14/h1-9,15,20H,10-13H2. The summed E-state index contributed by atoms with van der Waals surface area (Å²) in [5, 5.41) is 11.8. The van der Waals surface area contributed by atoms with Crippen LogP contribution in [0, 0.1) is 0 Å². The van der Waals surface area contributed by atoms with E-state index in [2.05, 4.69) is 15.6 Å². The van der Waals surface area contributed by atoms with Crippen molar-refractivity contribution in [2.45, 2.75) is 19.0 Å². The van der Waals surface area contributed by atoms with Crippen LogP contribution in [0.15, 0.2) is 59.4 Å². The number of rotatable bonds is 4. The molecule has 132 valence electrons. The van der Waals surface area contributed by atoms with Crippen molar-refractivity contribution in [2.24, 2.45) is 0 Å². The van der Waals surface area contributed by atoms with E-state index < -0.39 is 0 Å². The highest BCUT2D eigenvalue weighted by Crippen LogP contribution is 2.16. The first kappa shape index (κ1) is 16.3. The Bertz CT molecular complexity index is 986. The first-order chi connectivity index (χ1) is 12.7. The highest BCUT2D eigenvalue weighted by molar-refractivity contribution is 5.78. The van der Waals surface area contributed by atoms with Gasteiger partial charge in [0, 0.05) is 24.8 Å². The van der Waals surface area contributed by atoms with Crippen LogP contribution in [0.2, 0.25) is 0 Å². The first-order valence-electron chi connectivity index (χ1n) is 8.62. The number of nitrogens with zero attached hydrogens (tertiary/aromatic N) is 4. The largest absolute Gasteiger partial charge is 0.380 e. The van der Waals surface area contributed by atoms with Gasteiger partial charge in [0.1, 0.15) is 12.1 Å². The highest BCUT2D eigenvalue weighted by Gasteiger charge is 2.26. The van der Waals surface area contributed by atoms with E-state index >= 15 is 0 Å². The molecule has 3 aromatic rings. The Morgan fingerprint density at radius 3 is 2.73 bits per heavy atom. The Hall–Kier alpha value is -3.22. The third-order valence-corrected chi connectivity index (χ3v) is 4.60. The van der Waals surface area contributed by atoms with Crippen molar-refractivity contribution in [1.82, 2.24) is 19.9 Å². The second-order valence-electron chi connectivity index (χ2n) is 6.41. The molecule has 0 bridgehead atoms. The lowest BCUT2D eigenvalue weighted by atomic mass is 10.2. The van der Waals surface area contributed by atoms with Crippen LogP contribution >= 0.6 is 0 Å². The number of nitrogens with one attached hydrogen (secondary N) is 1. The SMILES string of the molecule is O=C(Cn1nnc2ccccc2c1=O)N1CCC(Nc2ccccc2)C1. The Morgan fingerprint density at radius 2 is 1.88 bits per heavy atom. The Kier molecular flexibility index (Phi) is 4.35. The lowest BCUT2D eigenvalue weighted by molar-refractivity contribution is -0.131. The summed E-state index contributed by atoms with van der Waals surface area (Å²) in [5.74, 6) is -0.117. The summed E-state index contributed by atoms with van der Waals surface area (Å²) in [6.45, 7) is 1.19.